The van der Waals surface area contributed by atoms with Gasteiger partial charge in [0.2, 0.25) is 16.0 Å². The van der Waals surface area contributed by atoms with Crippen LogP contribution in [0, 0.1) is 0 Å². The summed E-state index contributed by atoms with van der Waals surface area (Å²) in [5.41, 5.74) is 0.559. The molecular formula is C14H16BrN5O3S. The Morgan fingerprint density at radius 2 is 2.17 bits per heavy atom. The van der Waals surface area contributed by atoms with Crippen LogP contribution in [-0.2, 0) is 10.0 Å². The second-order valence-corrected chi connectivity index (χ2v) is 7.89. The zero-order valence-electron chi connectivity index (χ0n) is 12.5. The molecule has 8 nitrogen and oxygen atoms in total. The van der Waals surface area contributed by atoms with Crippen molar-refractivity contribution in [2.75, 3.05) is 23.7 Å². The van der Waals surface area contributed by atoms with Crippen molar-refractivity contribution in [3.05, 3.63) is 34.9 Å². The first-order valence-electron chi connectivity index (χ1n) is 7.25. The Hall–Kier alpha value is -1.75. The van der Waals surface area contributed by atoms with Crippen molar-refractivity contribution in [1.29, 1.82) is 0 Å². The van der Waals surface area contributed by atoms with Crippen LogP contribution in [0.5, 0.6) is 0 Å². The van der Waals surface area contributed by atoms with Crippen molar-refractivity contribution >= 4 is 43.4 Å². The number of aliphatic hydroxyl groups excluding tert-OH is 1. The van der Waals surface area contributed by atoms with E-state index in [9.17, 15) is 13.5 Å². The largest absolute Gasteiger partial charge is 0.391 e. The highest BCUT2D eigenvalue weighted by Crippen LogP contribution is 2.23. The zero-order valence-corrected chi connectivity index (χ0v) is 14.9. The lowest BCUT2D eigenvalue weighted by Gasteiger charge is -2.16. The number of β-amino-alcohol motifs (C(OH)–C–C–N with tert-alkyl or cyclic N) is 1. The summed E-state index contributed by atoms with van der Waals surface area (Å²) in [6.45, 7) is 0.376. The molecule has 4 N–H and O–H groups in total. The number of halogens is 1. The van der Waals surface area contributed by atoms with Gasteiger partial charge in [-0.2, -0.15) is 4.98 Å². The minimum absolute atomic E-state index is 0.134. The number of sulfonamides is 1. The fraction of sp³-hybridized carbons (Fsp3) is 0.286. The smallest absolute Gasteiger partial charge is 0.240 e. The van der Waals surface area contributed by atoms with Gasteiger partial charge >= 0.3 is 0 Å². The Kier molecular flexibility index (Phi) is 4.99. The maximum Gasteiger partial charge on any atom is 0.240 e. The van der Waals surface area contributed by atoms with E-state index in [0.29, 0.717) is 21.9 Å². The average molecular weight is 414 g/mol. The summed E-state index contributed by atoms with van der Waals surface area (Å²) in [7, 11) is -3.64. The van der Waals surface area contributed by atoms with E-state index in [0.717, 1.165) is 0 Å². The summed E-state index contributed by atoms with van der Waals surface area (Å²) in [5, 5.41) is 16.0. The molecule has 4 bridgehead atoms. The molecule has 2 heterocycles. The first-order chi connectivity index (χ1) is 11.4. The van der Waals surface area contributed by atoms with Crippen LogP contribution < -0.4 is 15.4 Å². The van der Waals surface area contributed by atoms with Crippen molar-refractivity contribution in [2.24, 2.45) is 0 Å². The molecule has 1 atom stereocenters. The minimum Gasteiger partial charge on any atom is -0.391 e. The van der Waals surface area contributed by atoms with Crippen LogP contribution in [-0.4, -0.2) is 42.7 Å². The van der Waals surface area contributed by atoms with Crippen LogP contribution in [0.2, 0.25) is 0 Å². The second kappa shape index (κ2) is 7.01. The van der Waals surface area contributed by atoms with Gasteiger partial charge in [-0.3, -0.25) is 0 Å². The summed E-state index contributed by atoms with van der Waals surface area (Å²) in [6, 6.07) is 6.37. The lowest BCUT2D eigenvalue weighted by molar-refractivity contribution is 0.179. The van der Waals surface area contributed by atoms with E-state index in [1.807, 2.05) is 0 Å². The molecular weight excluding hydrogens is 398 g/mol. The quantitative estimate of drug-likeness (QED) is 0.516. The topological polar surface area (TPSA) is 116 Å². The summed E-state index contributed by atoms with van der Waals surface area (Å²) in [4.78, 5) is 8.61. The van der Waals surface area contributed by atoms with Crippen LogP contribution in [0.25, 0.3) is 0 Å². The predicted molar refractivity (Wildman–Crippen MR) is 93.8 cm³/mol. The third kappa shape index (κ3) is 4.01. The van der Waals surface area contributed by atoms with E-state index in [2.05, 4.69) is 41.3 Å². The van der Waals surface area contributed by atoms with Crippen molar-refractivity contribution in [3.63, 3.8) is 0 Å². The number of aromatic nitrogens is 2. The molecule has 0 amide bonds. The third-order valence-corrected chi connectivity index (χ3v) is 5.46. The van der Waals surface area contributed by atoms with Crippen LogP contribution in [0.1, 0.15) is 6.42 Å². The Morgan fingerprint density at radius 3 is 3.00 bits per heavy atom. The van der Waals surface area contributed by atoms with E-state index in [1.54, 1.807) is 18.3 Å². The van der Waals surface area contributed by atoms with Gasteiger partial charge in [-0.05, 0) is 40.5 Å². The molecule has 0 spiro atoms. The number of nitrogens with one attached hydrogen (secondary N) is 3. The number of nitrogens with zero attached hydrogens (tertiary/aromatic N) is 2. The number of benzene rings is 1. The number of anilines is 3. The third-order valence-electron chi connectivity index (χ3n) is 3.42. The molecule has 0 fully saturated rings. The molecule has 1 unspecified atom stereocenters. The van der Waals surface area contributed by atoms with Gasteiger partial charge < -0.3 is 15.7 Å². The molecule has 0 saturated carbocycles. The standard InChI is InChI=1S/C14H16BrN5O3S/c15-12-8-17-14-19-9-2-1-3-11(6-9)24(22,23)18-5-4-10(21)7-16-13(12)20-14/h1-3,6,8,10,18,21H,4-5,7H2,(H2,16,17,19,20). The van der Waals surface area contributed by atoms with Gasteiger partial charge in [0, 0.05) is 25.0 Å². The Bertz CT molecular complexity index is 846. The molecule has 0 saturated heterocycles. The molecule has 128 valence electrons. The van der Waals surface area contributed by atoms with Gasteiger partial charge in [0.05, 0.1) is 15.5 Å². The van der Waals surface area contributed by atoms with Gasteiger partial charge in [-0.15, -0.1) is 0 Å². The molecule has 1 aromatic carbocycles. The first-order valence-corrected chi connectivity index (χ1v) is 9.53. The molecule has 3 rings (SSSR count). The van der Waals surface area contributed by atoms with Crippen molar-refractivity contribution in [2.45, 2.75) is 17.4 Å². The van der Waals surface area contributed by atoms with Crippen LogP contribution in [0.3, 0.4) is 0 Å². The molecule has 24 heavy (non-hydrogen) atoms. The lowest BCUT2D eigenvalue weighted by atomic mass is 10.2. The fourth-order valence-corrected chi connectivity index (χ4v) is 3.61. The second-order valence-electron chi connectivity index (χ2n) is 5.26. The van der Waals surface area contributed by atoms with Gasteiger partial charge in [-0.25, -0.2) is 18.1 Å². The first kappa shape index (κ1) is 17.1. The Balaban J connectivity index is 2.00. The average Bonchev–Trinajstić information content (AvgIpc) is 2.55. The number of aliphatic hydroxyl groups is 1. The summed E-state index contributed by atoms with van der Waals surface area (Å²) >= 11 is 3.35. The minimum atomic E-state index is -3.64. The van der Waals surface area contributed by atoms with E-state index < -0.39 is 16.1 Å². The number of fused-ring (bicyclic) bond motifs is 4. The van der Waals surface area contributed by atoms with Gasteiger partial charge in [0.25, 0.3) is 0 Å². The Morgan fingerprint density at radius 1 is 1.33 bits per heavy atom. The molecule has 0 aliphatic carbocycles. The van der Waals surface area contributed by atoms with Crippen LogP contribution in [0.4, 0.5) is 17.5 Å². The fourth-order valence-electron chi connectivity index (χ4n) is 2.18. The maximum absolute atomic E-state index is 12.3. The molecule has 2 aromatic rings. The number of hydrogen-bond acceptors (Lipinski definition) is 7. The van der Waals surface area contributed by atoms with E-state index >= 15 is 0 Å². The highest BCUT2D eigenvalue weighted by atomic mass is 79.9. The Labute approximate surface area is 147 Å². The maximum atomic E-state index is 12.3. The zero-order chi connectivity index (χ0) is 17.2. The molecule has 1 aromatic heterocycles. The monoisotopic (exact) mass is 413 g/mol. The summed E-state index contributed by atoms with van der Waals surface area (Å²) < 4.78 is 27.7. The summed E-state index contributed by atoms with van der Waals surface area (Å²) in [6.07, 6.45) is 1.14. The van der Waals surface area contributed by atoms with E-state index in [4.69, 9.17) is 0 Å². The highest BCUT2D eigenvalue weighted by Gasteiger charge is 2.16. The highest BCUT2D eigenvalue weighted by molar-refractivity contribution is 9.10. The molecule has 1 aliphatic rings. The van der Waals surface area contributed by atoms with Crippen LogP contribution in [0.15, 0.2) is 39.8 Å². The number of rotatable bonds is 0. The molecule has 1 aliphatic heterocycles. The van der Waals surface area contributed by atoms with Crippen LogP contribution >= 0.6 is 15.9 Å². The van der Waals surface area contributed by atoms with Gasteiger partial charge in [-0.1, -0.05) is 6.07 Å². The van der Waals surface area contributed by atoms with Crippen molar-refractivity contribution < 1.29 is 13.5 Å². The van der Waals surface area contributed by atoms with Gasteiger partial charge in [0.1, 0.15) is 5.82 Å². The van der Waals surface area contributed by atoms with E-state index in [-0.39, 0.29) is 24.4 Å². The SMILES string of the molecule is O=S1(=O)NCCC(O)CNc2nc(ncc2Br)Nc2cccc1c2. The number of hydrogen-bond donors (Lipinski definition) is 4. The van der Waals surface area contributed by atoms with Crippen molar-refractivity contribution in [3.8, 4) is 0 Å². The summed E-state index contributed by atoms with van der Waals surface area (Å²) in [5.74, 6) is 0.857. The van der Waals surface area contributed by atoms with Crippen molar-refractivity contribution in [1.82, 2.24) is 14.7 Å². The molecule has 0 radical (unpaired) electrons. The lowest BCUT2D eigenvalue weighted by Crippen LogP contribution is -2.30. The molecule has 10 heteroatoms. The normalized spacial score (nSPS) is 20.3. The predicted octanol–water partition coefficient (Wildman–Crippen LogP) is 1.44. The van der Waals surface area contributed by atoms with E-state index in [1.165, 1.54) is 12.1 Å². The van der Waals surface area contributed by atoms with Gasteiger partial charge in [0.15, 0.2) is 0 Å².